The monoisotopic (exact) mass is 748 g/mol. The van der Waals surface area contributed by atoms with Gasteiger partial charge >= 0.3 is 140 Å². The first-order valence-corrected chi connectivity index (χ1v) is 21.6. The van der Waals surface area contributed by atoms with Crippen LogP contribution in [-0.4, -0.2) is 50.1 Å². The Morgan fingerprint density at radius 2 is 1.34 bits per heavy atom. The smallest absolute Gasteiger partial charge is 0.0146 e. The molecule has 0 unspecified atom stereocenters. The molecule has 1 fully saturated rings. The second-order valence-corrected chi connectivity index (χ2v) is 19.4. The zero-order valence-electron chi connectivity index (χ0n) is 27.5. The topological polar surface area (TPSA) is 53.1 Å². The summed E-state index contributed by atoms with van der Waals surface area (Å²) in [4.78, 5) is 5.02. The van der Waals surface area contributed by atoms with Crippen molar-refractivity contribution in [3.63, 3.8) is 0 Å². The van der Waals surface area contributed by atoms with E-state index in [1.165, 1.54) is 62.2 Å². The number of halogens is 2. The molecule has 3 aromatic carbocycles. The van der Waals surface area contributed by atoms with E-state index in [1.54, 1.807) is 23.7 Å². The van der Waals surface area contributed by atoms with Gasteiger partial charge in [-0.2, -0.15) is 6.67 Å². The molecule has 10 heteroatoms. The van der Waals surface area contributed by atoms with E-state index in [2.05, 4.69) is 82.3 Å². The van der Waals surface area contributed by atoms with Crippen LogP contribution in [0.4, 0.5) is 11.4 Å². The van der Waals surface area contributed by atoms with Gasteiger partial charge in [0.05, 0.1) is 0 Å². The first-order chi connectivity index (χ1) is 20.5. The van der Waals surface area contributed by atoms with E-state index < -0.39 is 23.5 Å². The fraction of sp³-hybridized carbons (Fsp3) is 0.412. The van der Waals surface area contributed by atoms with Crippen molar-refractivity contribution < 1.29 is 26.7 Å². The Labute approximate surface area is 278 Å². The van der Waals surface area contributed by atoms with Crippen molar-refractivity contribution in [2.24, 2.45) is 0 Å². The van der Waals surface area contributed by atoms with E-state index in [9.17, 15) is 8.42 Å². The van der Waals surface area contributed by atoms with Crippen molar-refractivity contribution in [2.45, 2.75) is 73.3 Å². The van der Waals surface area contributed by atoms with Crippen molar-refractivity contribution in [3.8, 4) is 5.75 Å². The Bertz CT molecular complexity index is 1510. The van der Waals surface area contributed by atoms with Crippen molar-refractivity contribution in [3.05, 3.63) is 88.1 Å². The van der Waals surface area contributed by atoms with Crippen LogP contribution in [0.5, 0.6) is 5.75 Å². The van der Waals surface area contributed by atoms with Gasteiger partial charge in [0.25, 0.3) is 0 Å². The predicted molar refractivity (Wildman–Crippen MR) is 185 cm³/mol. The van der Waals surface area contributed by atoms with Crippen LogP contribution in [0.25, 0.3) is 0 Å². The summed E-state index contributed by atoms with van der Waals surface area (Å²) >= 11 is -2.09. The van der Waals surface area contributed by atoms with Gasteiger partial charge < -0.3 is 9.80 Å². The molecule has 0 aliphatic carbocycles. The molecule has 1 heterocycles. The molecule has 0 bridgehead atoms. The average molecular weight is 749 g/mol. The molecule has 0 N–H and O–H groups in total. The van der Waals surface area contributed by atoms with Gasteiger partial charge in [-0.05, 0) is 63.8 Å². The molecule has 3 aromatic rings. The number of rotatable bonds is 8. The summed E-state index contributed by atoms with van der Waals surface area (Å²) in [7, 11) is 9.86. The van der Waals surface area contributed by atoms with E-state index >= 15 is 0 Å². The van der Waals surface area contributed by atoms with Crippen LogP contribution in [0.2, 0.25) is 0 Å². The van der Waals surface area contributed by atoms with Gasteiger partial charge in [-0.1, -0.05) is 35.4 Å². The van der Waals surface area contributed by atoms with E-state index in [1.807, 2.05) is 13.8 Å². The van der Waals surface area contributed by atoms with Gasteiger partial charge in [-0.15, -0.1) is 0 Å². The van der Waals surface area contributed by atoms with Crippen molar-refractivity contribution in [2.75, 3.05) is 36.5 Å². The van der Waals surface area contributed by atoms with Gasteiger partial charge in [0.2, 0.25) is 0 Å². The van der Waals surface area contributed by atoms with Crippen LogP contribution in [-0.2, 0) is 23.5 Å². The summed E-state index contributed by atoms with van der Waals surface area (Å²) in [6, 6.07) is 13.9. The summed E-state index contributed by atoms with van der Waals surface area (Å²) in [6.07, 6.45) is -0.0239. The Kier molecular flexibility index (Phi) is 12.9. The summed E-state index contributed by atoms with van der Waals surface area (Å²) < 4.78 is 33.3. The van der Waals surface area contributed by atoms with Crippen LogP contribution in [0.15, 0.2) is 47.4 Å². The number of aryl methyl sites for hydroxylation is 6. The van der Waals surface area contributed by atoms with E-state index in [0.717, 1.165) is 13.1 Å². The van der Waals surface area contributed by atoms with Gasteiger partial charge in [-0.25, -0.2) is 0 Å². The third-order valence-electron chi connectivity index (χ3n) is 7.39. The van der Waals surface area contributed by atoms with Crippen LogP contribution in [0.1, 0.15) is 59.7 Å². The quantitative estimate of drug-likeness (QED) is 0.172. The summed E-state index contributed by atoms with van der Waals surface area (Å²) in [6.45, 7) is 23.5. The maximum Gasteiger partial charge on any atom is 0.0146 e. The first kappa shape index (κ1) is 36.5. The molecule has 6 nitrogen and oxygen atoms in total. The Hall–Kier alpha value is -1.96. The van der Waals surface area contributed by atoms with E-state index in [-0.39, 0.29) is 11.0 Å². The third-order valence-corrected chi connectivity index (χ3v) is 11.2. The molecule has 0 atom stereocenters. The number of benzene rings is 3. The van der Waals surface area contributed by atoms with Gasteiger partial charge in [0.15, 0.2) is 0 Å². The average Bonchev–Trinajstić information content (AvgIpc) is 3.36. The fourth-order valence-corrected chi connectivity index (χ4v) is 8.65. The number of sulfonamides is 1. The number of hydrogen-bond donors (Lipinski definition) is 0. The molecular weight excluding hydrogens is 702 g/mol. The van der Waals surface area contributed by atoms with E-state index in [0.29, 0.717) is 17.9 Å². The minimum Gasteiger partial charge on any atom is -0.502 e. The maximum atomic E-state index is 12.4. The van der Waals surface area contributed by atoms with E-state index in [4.69, 9.17) is 24.1 Å². The molecule has 0 radical (unpaired) electrons. The Morgan fingerprint density at radius 1 is 0.886 bits per heavy atom. The number of ether oxygens (including phenoxy) is 1. The summed E-state index contributed by atoms with van der Waals surface area (Å²) in [5.74, 6) is 0.586. The molecule has 4 rings (SSSR count). The second-order valence-electron chi connectivity index (χ2n) is 11.6. The number of nitrogens with zero attached hydrogens (tertiary/aromatic N) is 3. The summed E-state index contributed by atoms with van der Waals surface area (Å²) in [5, 5.41) is 0. The van der Waals surface area contributed by atoms with Crippen LogP contribution < -0.4 is 14.5 Å². The molecular formula is C34H46Cl2N3O3RuS-. The maximum absolute atomic E-state index is 12.4. The standard InChI is InChI=1S/C21H27N2.C13H19NO3S.2ClH.Ru/c1-14-9-16(3)20(17(4)10-14)22-7-8-23(13-22)21-18(5)11-15(2)12-19(21)6;1-6-14(5)18(15,16)12-7-8-13(11(4)9-12)17-10(2)3;;;/h9-13H,7-8H2,1-6H3;4,7-10H,6H2,1-3,5H3;2*1H;/q-1;;;;+2/p-2. The Balaban J connectivity index is 0.000000242. The van der Waals surface area contributed by atoms with Crippen molar-refractivity contribution in [1.82, 2.24) is 4.31 Å². The van der Waals surface area contributed by atoms with Crippen molar-refractivity contribution >= 4 is 45.4 Å². The molecule has 1 aliphatic heterocycles. The zero-order chi connectivity index (χ0) is 32.9. The van der Waals surface area contributed by atoms with Crippen molar-refractivity contribution in [1.29, 1.82) is 0 Å². The first-order valence-electron chi connectivity index (χ1n) is 14.7. The minimum absolute atomic E-state index is 0.0239. The van der Waals surface area contributed by atoms with Crippen LogP contribution in [0, 0.1) is 48.2 Å². The SMILES string of the molecule is CCN(C)S(=O)(=O)c1ccc(OC(C)C)c([CH]=[Ru]([Cl])[Cl])c1.Cc1cc(C)c(N2[CH-]N(c3c(C)cc(C)cc3C)CC2)c(C)c1. The summed E-state index contributed by atoms with van der Waals surface area (Å²) in [5.41, 5.74) is 11.5. The predicted octanol–water partition coefficient (Wildman–Crippen LogP) is 8.17. The fourth-order valence-electron chi connectivity index (χ4n) is 5.65. The molecule has 0 spiro atoms. The normalized spacial score (nSPS) is 13.7. The number of hydrogen-bond acceptors (Lipinski definition) is 5. The van der Waals surface area contributed by atoms with Crippen LogP contribution >= 0.6 is 19.4 Å². The largest absolute Gasteiger partial charge is 0.502 e. The molecule has 0 aromatic heterocycles. The second kappa shape index (κ2) is 15.6. The van der Waals surface area contributed by atoms with Crippen LogP contribution in [0.3, 0.4) is 0 Å². The number of anilines is 2. The van der Waals surface area contributed by atoms with Gasteiger partial charge in [0.1, 0.15) is 0 Å². The Morgan fingerprint density at radius 3 is 1.73 bits per heavy atom. The molecule has 1 saturated heterocycles. The molecule has 0 saturated carbocycles. The zero-order valence-corrected chi connectivity index (χ0v) is 31.5. The van der Waals surface area contributed by atoms with Gasteiger partial charge in [0, 0.05) is 24.5 Å². The minimum atomic E-state index is -3.51. The van der Waals surface area contributed by atoms with Gasteiger partial charge in [-0.3, -0.25) is 0 Å². The third kappa shape index (κ3) is 9.07. The molecule has 244 valence electrons. The molecule has 44 heavy (non-hydrogen) atoms. The molecule has 0 amide bonds. The molecule has 1 aliphatic rings.